The monoisotopic (exact) mass is 388 g/mol. The number of ketones is 1. The Morgan fingerprint density at radius 3 is 2.30 bits per heavy atom. The molecule has 2 rings (SSSR count). The Hall–Kier alpha value is -2.51. The molecular weight excluding hydrogens is 364 g/mol. The van der Waals surface area contributed by atoms with Gasteiger partial charge in [0.15, 0.2) is 5.78 Å². The van der Waals surface area contributed by atoms with Crippen LogP contribution in [-0.4, -0.2) is 38.5 Å². The first-order chi connectivity index (χ1) is 12.6. The zero-order valence-corrected chi connectivity index (χ0v) is 16.8. The van der Waals surface area contributed by atoms with E-state index in [0.29, 0.717) is 11.3 Å². The Balaban J connectivity index is 2.00. The lowest BCUT2D eigenvalue weighted by Crippen LogP contribution is -2.22. The zero-order chi connectivity index (χ0) is 20.2. The van der Waals surface area contributed by atoms with E-state index in [1.165, 1.54) is 26.2 Å². The number of carbonyl (C=O) groups is 2. The second-order valence-electron chi connectivity index (χ2n) is 6.59. The molecule has 0 saturated carbocycles. The van der Waals surface area contributed by atoms with E-state index in [0.717, 1.165) is 15.4 Å². The van der Waals surface area contributed by atoms with E-state index in [4.69, 9.17) is 0 Å². The SMILES string of the molecule is Cc1ccc(C(=O)CCC(=O)Nc2cccc(S(=O)(=O)N(C)C)c2)cc1C. The molecule has 144 valence electrons. The van der Waals surface area contributed by atoms with Gasteiger partial charge in [-0.3, -0.25) is 9.59 Å². The van der Waals surface area contributed by atoms with Crippen LogP contribution < -0.4 is 5.32 Å². The van der Waals surface area contributed by atoms with Gasteiger partial charge in [-0.05, 0) is 49.2 Å². The lowest BCUT2D eigenvalue weighted by Gasteiger charge is -2.12. The maximum Gasteiger partial charge on any atom is 0.242 e. The second-order valence-corrected chi connectivity index (χ2v) is 8.74. The van der Waals surface area contributed by atoms with Crippen molar-refractivity contribution in [3.63, 3.8) is 0 Å². The number of anilines is 1. The molecule has 1 amide bonds. The van der Waals surface area contributed by atoms with Crippen LogP contribution in [0, 0.1) is 13.8 Å². The zero-order valence-electron chi connectivity index (χ0n) is 15.9. The van der Waals surface area contributed by atoms with Crippen LogP contribution in [0.5, 0.6) is 0 Å². The fourth-order valence-electron chi connectivity index (χ4n) is 2.45. The number of nitrogens with zero attached hydrogens (tertiary/aromatic N) is 1. The van der Waals surface area contributed by atoms with E-state index in [-0.39, 0.29) is 29.4 Å². The summed E-state index contributed by atoms with van der Waals surface area (Å²) in [5.41, 5.74) is 3.10. The third-order valence-electron chi connectivity index (χ3n) is 4.30. The predicted molar refractivity (Wildman–Crippen MR) is 105 cm³/mol. The van der Waals surface area contributed by atoms with E-state index in [2.05, 4.69) is 5.32 Å². The normalized spacial score (nSPS) is 11.4. The van der Waals surface area contributed by atoms with E-state index in [1.54, 1.807) is 18.2 Å². The molecule has 0 fully saturated rings. The van der Waals surface area contributed by atoms with Crippen molar-refractivity contribution >= 4 is 27.4 Å². The van der Waals surface area contributed by atoms with Crippen LogP contribution in [0.4, 0.5) is 5.69 Å². The fourth-order valence-corrected chi connectivity index (χ4v) is 3.40. The Labute approximate surface area is 160 Å². The largest absolute Gasteiger partial charge is 0.326 e. The molecule has 0 aliphatic heterocycles. The molecule has 0 spiro atoms. The minimum absolute atomic E-state index is 0.0242. The van der Waals surface area contributed by atoms with Gasteiger partial charge < -0.3 is 5.32 Å². The molecule has 1 N–H and O–H groups in total. The molecule has 6 nitrogen and oxygen atoms in total. The van der Waals surface area contributed by atoms with Gasteiger partial charge in [0.1, 0.15) is 0 Å². The summed E-state index contributed by atoms with van der Waals surface area (Å²) in [7, 11) is -0.690. The molecule has 0 aliphatic carbocycles. The van der Waals surface area contributed by atoms with Crippen LogP contribution in [0.15, 0.2) is 47.4 Å². The number of nitrogens with one attached hydrogen (secondary N) is 1. The average Bonchev–Trinajstić information content (AvgIpc) is 2.62. The molecule has 0 heterocycles. The van der Waals surface area contributed by atoms with E-state index < -0.39 is 10.0 Å². The molecular formula is C20H24N2O4S. The Bertz CT molecular complexity index is 966. The average molecular weight is 388 g/mol. The third-order valence-corrected chi connectivity index (χ3v) is 6.12. The lowest BCUT2D eigenvalue weighted by atomic mass is 10.0. The molecule has 0 unspecified atom stereocenters. The quantitative estimate of drug-likeness (QED) is 0.739. The van der Waals surface area contributed by atoms with Gasteiger partial charge in [-0.25, -0.2) is 12.7 Å². The van der Waals surface area contributed by atoms with Crippen molar-refractivity contribution < 1.29 is 18.0 Å². The summed E-state index contributed by atoms with van der Waals surface area (Å²) in [5, 5.41) is 2.65. The summed E-state index contributed by atoms with van der Waals surface area (Å²) in [6.45, 7) is 3.91. The van der Waals surface area contributed by atoms with Gasteiger partial charge in [-0.15, -0.1) is 0 Å². The number of aryl methyl sites for hydroxylation is 2. The maximum absolute atomic E-state index is 12.3. The number of sulfonamides is 1. The lowest BCUT2D eigenvalue weighted by molar-refractivity contribution is -0.116. The first-order valence-corrected chi connectivity index (χ1v) is 9.98. The van der Waals surface area contributed by atoms with Crippen molar-refractivity contribution in [2.75, 3.05) is 19.4 Å². The van der Waals surface area contributed by atoms with Crippen molar-refractivity contribution in [1.82, 2.24) is 4.31 Å². The topological polar surface area (TPSA) is 83.5 Å². The van der Waals surface area contributed by atoms with Gasteiger partial charge in [0.2, 0.25) is 15.9 Å². The van der Waals surface area contributed by atoms with Crippen molar-refractivity contribution in [3.8, 4) is 0 Å². The van der Waals surface area contributed by atoms with Crippen molar-refractivity contribution in [2.24, 2.45) is 0 Å². The molecule has 0 atom stereocenters. The van der Waals surface area contributed by atoms with Gasteiger partial charge in [0, 0.05) is 38.2 Å². The summed E-state index contributed by atoms with van der Waals surface area (Å²) in [6.07, 6.45) is 0.112. The minimum Gasteiger partial charge on any atom is -0.326 e. The highest BCUT2D eigenvalue weighted by atomic mass is 32.2. The number of hydrogen-bond donors (Lipinski definition) is 1. The van der Waals surface area contributed by atoms with E-state index in [1.807, 2.05) is 26.0 Å². The van der Waals surface area contributed by atoms with Crippen LogP contribution in [0.3, 0.4) is 0 Å². The molecule has 0 aromatic heterocycles. The van der Waals surface area contributed by atoms with Crippen LogP contribution in [0.25, 0.3) is 0 Å². The fraction of sp³-hybridized carbons (Fsp3) is 0.300. The van der Waals surface area contributed by atoms with Crippen LogP contribution in [-0.2, 0) is 14.8 Å². The number of amides is 1. The molecule has 0 aliphatic rings. The molecule has 27 heavy (non-hydrogen) atoms. The number of Topliss-reactive ketones (excluding diaryl/α,β-unsaturated/α-hetero) is 1. The first-order valence-electron chi connectivity index (χ1n) is 8.54. The van der Waals surface area contributed by atoms with Crippen LogP contribution >= 0.6 is 0 Å². The van der Waals surface area contributed by atoms with E-state index in [9.17, 15) is 18.0 Å². The highest BCUT2D eigenvalue weighted by Crippen LogP contribution is 2.18. The summed E-state index contributed by atoms with van der Waals surface area (Å²) in [4.78, 5) is 24.5. The Morgan fingerprint density at radius 1 is 0.963 bits per heavy atom. The van der Waals surface area contributed by atoms with Gasteiger partial charge in [0.25, 0.3) is 0 Å². The number of rotatable bonds is 7. The summed E-state index contributed by atoms with van der Waals surface area (Å²) < 4.78 is 25.4. The standard InChI is InChI=1S/C20H24N2O4S/c1-14-8-9-16(12-15(14)2)19(23)10-11-20(24)21-17-6-5-7-18(13-17)27(25,26)22(3)4/h5-9,12-13H,10-11H2,1-4H3,(H,21,24). The van der Waals surface area contributed by atoms with E-state index >= 15 is 0 Å². The summed E-state index contributed by atoms with van der Waals surface area (Å²) in [5.74, 6) is -0.441. The first kappa shape index (κ1) is 20.8. The summed E-state index contributed by atoms with van der Waals surface area (Å²) in [6, 6.07) is 11.5. The predicted octanol–water partition coefficient (Wildman–Crippen LogP) is 3.16. The highest BCUT2D eigenvalue weighted by Gasteiger charge is 2.18. The van der Waals surface area contributed by atoms with Gasteiger partial charge in [-0.2, -0.15) is 0 Å². The maximum atomic E-state index is 12.3. The molecule has 2 aromatic rings. The summed E-state index contributed by atoms with van der Waals surface area (Å²) >= 11 is 0. The molecule has 2 aromatic carbocycles. The minimum atomic E-state index is -3.58. The van der Waals surface area contributed by atoms with Crippen molar-refractivity contribution in [3.05, 3.63) is 59.2 Å². The number of carbonyl (C=O) groups excluding carboxylic acids is 2. The van der Waals surface area contributed by atoms with Gasteiger partial charge in [0.05, 0.1) is 4.90 Å². The Morgan fingerprint density at radius 2 is 1.67 bits per heavy atom. The van der Waals surface area contributed by atoms with Crippen molar-refractivity contribution in [2.45, 2.75) is 31.6 Å². The van der Waals surface area contributed by atoms with Crippen LogP contribution in [0.1, 0.15) is 34.3 Å². The number of hydrogen-bond acceptors (Lipinski definition) is 4. The van der Waals surface area contributed by atoms with Gasteiger partial charge in [-0.1, -0.05) is 18.2 Å². The number of benzene rings is 2. The van der Waals surface area contributed by atoms with Crippen LogP contribution in [0.2, 0.25) is 0 Å². The molecule has 0 bridgehead atoms. The molecule has 7 heteroatoms. The third kappa shape index (κ3) is 5.24. The smallest absolute Gasteiger partial charge is 0.242 e. The second kappa shape index (κ2) is 8.45. The molecule has 0 radical (unpaired) electrons. The highest BCUT2D eigenvalue weighted by molar-refractivity contribution is 7.89. The molecule has 0 saturated heterocycles. The Kier molecular flexibility index (Phi) is 6.51. The van der Waals surface area contributed by atoms with Gasteiger partial charge >= 0.3 is 0 Å². The van der Waals surface area contributed by atoms with Crippen molar-refractivity contribution in [1.29, 1.82) is 0 Å².